The van der Waals surface area contributed by atoms with Crippen molar-refractivity contribution in [2.24, 2.45) is 0 Å². The number of H-pyrrole nitrogens is 1. The summed E-state index contributed by atoms with van der Waals surface area (Å²) in [4.78, 5) is 18.9. The van der Waals surface area contributed by atoms with Gasteiger partial charge < -0.3 is 24.1 Å². The largest absolute Gasteiger partial charge is 0.497 e. The zero-order valence-corrected chi connectivity index (χ0v) is 21.9. The van der Waals surface area contributed by atoms with Crippen molar-refractivity contribution in [3.8, 4) is 17.2 Å². The van der Waals surface area contributed by atoms with E-state index in [-0.39, 0.29) is 5.56 Å². The van der Waals surface area contributed by atoms with Crippen molar-refractivity contribution in [2.75, 3.05) is 32.8 Å². The predicted molar refractivity (Wildman–Crippen MR) is 147 cm³/mol. The lowest BCUT2D eigenvalue weighted by molar-refractivity contribution is 0.356. The van der Waals surface area contributed by atoms with E-state index in [1.807, 2.05) is 48.5 Å². The summed E-state index contributed by atoms with van der Waals surface area (Å²) >= 11 is 0. The molecule has 0 saturated carbocycles. The first-order chi connectivity index (χ1) is 19.1. The molecule has 1 atom stereocenters. The van der Waals surface area contributed by atoms with Crippen molar-refractivity contribution < 1.29 is 14.2 Å². The van der Waals surface area contributed by atoms with Crippen LogP contribution < -0.4 is 24.7 Å². The Morgan fingerprint density at radius 1 is 0.949 bits per heavy atom. The van der Waals surface area contributed by atoms with Gasteiger partial charge in [0.15, 0.2) is 17.3 Å². The number of rotatable bonds is 8. The van der Waals surface area contributed by atoms with Crippen LogP contribution in [0, 0.1) is 0 Å². The van der Waals surface area contributed by atoms with Gasteiger partial charge in [0, 0.05) is 29.2 Å². The number of anilines is 1. The fraction of sp³-hybridized carbons (Fsp3) is 0.241. The van der Waals surface area contributed by atoms with E-state index in [2.05, 4.69) is 37.5 Å². The van der Waals surface area contributed by atoms with E-state index in [1.165, 1.54) is 5.56 Å². The summed E-state index contributed by atoms with van der Waals surface area (Å²) in [6.45, 7) is 1.16. The minimum absolute atomic E-state index is 0.219. The maximum absolute atomic E-state index is 13.7. The Balaban J connectivity index is 1.50. The van der Waals surface area contributed by atoms with Crippen LogP contribution in [0.1, 0.15) is 28.6 Å². The second kappa shape index (κ2) is 10.1. The van der Waals surface area contributed by atoms with Gasteiger partial charge in [-0.1, -0.05) is 30.3 Å². The highest BCUT2D eigenvalue weighted by Gasteiger charge is 2.34. The van der Waals surface area contributed by atoms with Gasteiger partial charge in [-0.15, -0.1) is 5.10 Å². The average molecular weight is 525 g/mol. The molecule has 0 aliphatic carbocycles. The Bertz CT molecular complexity index is 1690. The van der Waals surface area contributed by atoms with E-state index < -0.39 is 6.04 Å². The number of ether oxygens (including phenoxy) is 3. The molecule has 1 aliphatic heterocycles. The van der Waals surface area contributed by atoms with Crippen LogP contribution in [0.4, 0.5) is 5.69 Å². The van der Waals surface area contributed by atoms with Gasteiger partial charge in [-0.3, -0.25) is 4.79 Å². The molecule has 6 rings (SSSR count). The molecule has 3 heterocycles. The Labute approximate surface area is 224 Å². The van der Waals surface area contributed by atoms with Crippen LogP contribution in [0.5, 0.6) is 17.2 Å². The van der Waals surface area contributed by atoms with Gasteiger partial charge in [0.25, 0.3) is 5.56 Å². The standard InChI is InChI=1S/C29H28N6O4/c1-37-21-10-8-18(9-11-21)17-35-28(31-32-33-35)27(34-13-12-19-6-4-5-7-24(19)34)22-14-20-15-25(38-2)26(39-3)16-23(20)30-29(22)36/h4-11,14-16,27H,12-13,17H2,1-3H3,(H,30,36)/t27-/m0/s1. The Kier molecular flexibility index (Phi) is 6.36. The number of methoxy groups -OCH3 is 3. The van der Waals surface area contributed by atoms with Gasteiger partial charge in [0.1, 0.15) is 11.8 Å². The molecule has 2 aromatic heterocycles. The summed E-state index contributed by atoms with van der Waals surface area (Å²) in [5, 5.41) is 13.6. The van der Waals surface area contributed by atoms with Crippen molar-refractivity contribution in [3.63, 3.8) is 0 Å². The third-order valence-corrected chi connectivity index (χ3v) is 7.20. The summed E-state index contributed by atoms with van der Waals surface area (Å²) in [6, 6.07) is 21.0. The number of aromatic amines is 1. The number of nitrogens with zero attached hydrogens (tertiary/aromatic N) is 5. The predicted octanol–water partition coefficient (Wildman–Crippen LogP) is 3.74. The minimum atomic E-state index is -0.525. The highest BCUT2D eigenvalue weighted by Crippen LogP contribution is 2.38. The van der Waals surface area contributed by atoms with E-state index in [4.69, 9.17) is 14.2 Å². The summed E-state index contributed by atoms with van der Waals surface area (Å²) in [6.07, 6.45) is 0.864. The van der Waals surface area contributed by atoms with E-state index in [0.717, 1.165) is 35.4 Å². The van der Waals surface area contributed by atoms with E-state index in [9.17, 15) is 4.79 Å². The quantitative estimate of drug-likeness (QED) is 0.327. The molecule has 5 aromatic rings. The maximum Gasteiger partial charge on any atom is 0.254 e. The van der Waals surface area contributed by atoms with Gasteiger partial charge >= 0.3 is 0 Å². The number of hydrogen-bond acceptors (Lipinski definition) is 8. The van der Waals surface area contributed by atoms with Crippen LogP contribution in [-0.2, 0) is 13.0 Å². The number of benzene rings is 3. The Morgan fingerprint density at radius 2 is 1.72 bits per heavy atom. The third kappa shape index (κ3) is 4.43. The monoisotopic (exact) mass is 524 g/mol. The molecule has 0 fully saturated rings. The van der Waals surface area contributed by atoms with Gasteiger partial charge in [-0.2, -0.15) is 0 Å². The molecular formula is C29H28N6O4. The number of pyridine rings is 1. The van der Waals surface area contributed by atoms with Crippen LogP contribution in [0.15, 0.2) is 71.5 Å². The third-order valence-electron chi connectivity index (χ3n) is 7.20. The van der Waals surface area contributed by atoms with Crippen molar-refractivity contribution in [3.05, 3.63) is 99.6 Å². The summed E-state index contributed by atoms with van der Waals surface area (Å²) < 4.78 is 18.0. The highest BCUT2D eigenvalue weighted by atomic mass is 16.5. The number of hydrogen-bond donors (Lipinski definition) is 1. The topological polar surface area (TPSA) is 107 Å². The fourth-order valence-corrected chi connectivity index (χ4v) is 5.26. The van der Waals surface area contributed by atoms with Crippen LogP contribution >= 0.6 is 0 Å². The molecule has 198 valence electrons. The first-order valence-electron chi connectivity index (χ1n) is 12.6. The van der Waals surface area contributed by atoms with Crippen LogP contribution in [0.25, 0.3) is 10.9 Å². The number of fused-ring (bicyclic) bond motifs is 2. The minimum Gasteiger partial charge on any atom is -0.497 e. The van der Waals surface area contributed by atoms with E-state index >= 15 is 0 Å². The molecule has 10 nitrogen and oxygen atoms in total. The molecule has 39 heavy (non-hydrogen) atoms. The molecule has 0 radical (unpaired) electrons. The number of nitrogens with one attached hydrogen (secondary N) is 1. The lowest BCUT2D eigenvalue weighted by Crippen LogP contribution is -2.34. The molecule has 0 amide bonds. The number of para-hydroxylation sites is 1. The van der Waals surface area contributed by atoms with Gasteiger partial charge in [-0.05, 0) is 58.3 Å². The molecule has 1 aliphatic rings. The first-order valence-corrected chi connectivity index (χ1v) is 12.6. The number of tetrazole rings is 1. The summed E-state index contributed by atoms with van der Waals surface area (Å²) in [5.41, 5.74) is 4.27. The van der Waals surface area contributed by atoms with Crippen molar-refractivity contribution >= 4 is 16.6 Å². The lowest BCUT2D eigenvalue weighted by Gasteiger charge is -2.29. The second-order valence-electron chi connectivity index (χ2n) is 9.37. The summed E-state index contributed by atoms with van der Waals surface area (Å²) in [7, 11) is 4.80. The van der Waals surface area contributed by atoms with Crippen molar-refractivity contribution in [2.45, 2.75) is 19.0 Å². The second-order valence-corrected chi connectivity index (χ2v) is 9.37. The lowest BCUT2D eigenvalue weighted by atomic mass is 10.0. The number of aromatic nitrogens is 5. The van der Waals surface area contributed by atoms with Crippen LogP contribution in [0.3, 0.4) is 0 Å². The van der Waals surface area contributed by atoms with Gasteiger partial charge in [0.05, 0.1) is 33.4 Å². The highest BCUT2D eigenvalue weighted by molar-refractivity contribution is 5.83. The van der Waals surface area contributed by atoms with Crippen LogP contribution in [0.2, 0.25) is 0 Å². The first kappa shape index (κ1) is 24.5. The molecule has 3 aromatic carbocycles. The van der Waals surface area contributed by atoms with Gasteiger partial charge in [-0.25, -0.2) is 4.68 Å². The molecule has 10 heteroatoms. The molecular weight excluding hydrogens is 496 g/mol. The van der Waals surface area contributed by atoms with Crippen LogP contribution in [-0.4, -0.2) is 53.1 Å². The fourth-order valence-electron chi connectivity index (χ4n) is 5.26. The molecule has 1 N–H and O–H groups in total. The van der Waals surface area contributed by atoms with Crippen molar-refractivity contribution in [1.29, 1.82) is 0 Å². The Hall–Kier alpha value is -4.86. The van der Waals surface area contributed by atoms with E-state index in [1.54, 1.807) is 32.1 Å². The van der Waals surface area contributed by atoms with Gasteiger partial charge in [0.2, 0.25) is 0 Å². The Morgan fingerprint density at radius 3 is 2.49 bits per heavy atom. The maximum atomic E-state index is 13.7. The molecule has 0 bridgehead atoms. The van der Waals surface area contributed by atoms with Crippen molar-refractivity contribution in [1.82, 2.24) is 25.2 Å². The SMILES string of the molecule is COc1ccc(Cn2nnnc2[C@H](c2cc3cc(OC)c(OC)cc3[nH]c2=O)N2CCc3ccccc32)cc1. The zero-order chi connectivity index (χ0) is 26.9. The molecule has 0 spiro atoms. The molecule has 0 unspecified atom stereocenters. The van der Waals surface area contributed by atoms with E-state index in [0.29, 0.717) is 34.9 Å². The summed E-state index contributed by atoms with van der Waals surface area (Å²) in [5.74, 6) is 2.47. The average Bonchev–Trinajstić information content (AvgIpc) is 3.61. The molecule has 0 saturated heterocycles. The zero-order valence-electron chi connectivity index (χ0n) is 21.9. The normalized spacial score (nSPS) is 13.4. The smallest absolute Gasteiger partial charge is 0.254 e.